The molecule has 0 bridgehead atoms. The molecule has 0 unspecified atom stereocenters. The quantitative estimate of drug-likeness (QED) is 0.431. The first-order valence-electron chi connectivity index (χ1n) is 8.45. The Morgan fingerprint density at radius 2 is 1.96 bits per heavy atom. The monoisotopic (exact) mass is 405 g/mol. The zero-order chi connectivity index (χ0) is 19.2. The first kappa shape index (κ1) is 21.6. The second kappa shape index (κ2) is 10.0. The normalized spacial score (nSPS) is 13.5. The van der Waals surface area contributed by atoms with Crippen molar-refractivity contribution in [1.29, 1.82) is 5.41 Å². The number of nitrogens with one attached hydrogen (secondary N) is 1. The van der Waals surface area contributed by atoms with Crippen LogP contribution in [0.5, 0.6) is 0 Å². The average Bonchev–Trinajstić information content (AvgIpc) is 2.67. The molecule has 0 aliphatic carbocycles. The minimum Gasteiger partial charge on any atom is -0.460 e. The number of aromatic nitrogens is 2. The summed E-state index contributed by atoms with van der Waals surface area (Å²) in [6.45, 7) is 2.87. The number of morpholine rings is 1. The topological polar surface area (TPSA) is 114 Å². The summed E-state index contributed by atoms with van der Waals surface area (Å²) >= 11 is 6.48. The lowest BCUT2D eigenvalue weighted by Crippen LogP contribution is -2.37. The van der Waals surface area contributed by atoms with Crippen molar-refractivity contribution in [2.24, 2.45) is 5.73 Å². The number of amidine groups is 1. The lowest BCUT2D eigenvalue weighted by Gasteiger charge is -2.26. The Balaban J connectivity index is 0.00000280. The van der Waals surface area contributed by atoms with Gasteiger partial charge in [-0.15, -0.1) is 0 Å². The molecule has 3 rings (SSSR count). The van der Waals surface area contributed by atoms with E-state index in [1.807, 2.05) is 12.1 Å². The Labute approximate surface area is 169 Å². The summed E-state index contributed by atoms with van der Waals surface area (Å²) in [5.74, 6) is -0.146. The molecular weight excluding hydrogens is 382 g/mol. The van der Waals surface area contributed by atoms with Crippen molar-refractivity contribution in [2.75, 3.05) is 31.2 Å². The molecule has 1 saturated heterocycles. The fourth-order valence-electron chi connectivity index (χ4n) is 2.67. The Hall–Kier alpha value is -2.71. The predicted octanol–water partition coefficient (Wildman–Crippen LogP) is 2.64. The molecule has 1 aliphatic heterocycles. The van der Waals surface area contributed by atoms with Gasteiger partial charge in [-0.05, 0) is 0 Å². The van der Waals surface area contributed by atoms with Crippen LogP contribution in [0.15, 0.2) is 30.6 Å². The Morgan fingerprint density at radius 1 is 1.29 bits per heavy atom. The van der Waals surface area contributed by atoms with E-state index in [-0.39, 0.29) is 26.3 Å². The molecule has 1 aromatic carbocycles. The third-order valence-corrected chi connectivity index (χ3v) is 4.49. The maximum atomic E-state index is 11.6. The van der Waals surface area contributed by atoms with E-state index in [1.54, 1.807) is 18.5 Å². The SMILES string of the molecule is C.N=C(N)CC(=O)OCc1cccc(-c2cnc(N3CCOCC3)nc2)c1Cl. The van der Waals surface area contributed by atoms with Crippen molar-refractivity contribution in [2.45, 2.75) is 20.5 Å². The standard InChI is InChI=1S/C18H20ClN5O3.CH4/c19-17-12(11-27-16(25)8-15(20)21)2-1-3-14(17)13-9-22-18(23-10-13)24-4-6-26-7-5-24;/h1-3,9-10H,4-8,11H2,(H3,20,21);1H4. The average molecular weight is 406 g/mol. The summed E-state index contributed by atoms with van der Waals surface area (Å²) in [5, 5.41) is 7.58. The molecule has 2 aromatic rings. The second-order valence-corrected chi connectivity index (χ2v) is 6.39. The summed E-state index contributed by atoms with van der Waals surface area (Å²) in [4.78, 5) is 22.5. The van der Waals surface area contributed by atoms with Crippen LogP contribution in [-0.2, 0) is 20.9 Å². The van der Waals surface area contributed by atoms with E-state index < -0.39 is 5.97 Å². The fourth-order valence-corrected chi connectivity index (χ4v) is 2.96. The molecule has 0 saturated carbocycles. The molecule has 2 heterocycles. The molecule has 1 aromatic heterocycles. The lowest BCUT2D eigenvalue weighted by molar-refractivity contribution is -0.143. The van der Waals surface area contributed by atoms with Gasteiger partial charge in [-0.3, -0.25) is 10.2 Å². The third-order valence-electron chi connectivity index (χ3n) is 4.05. The van der Waals surface area contributed by atoms with Gasteiger partial charge in [-0.2, -0.15) is 0 Å². The fraction of sp³-hybridized carbons (Fsp3) is 0.368. The van der Waals surface area contributed by atoms with Crippen molar-refractivity contribution in [3.05, 3.63) is 41.2 Å². The summed E-state index contributed by atoms with van der Waals surface area (Å²) in [7, 11) is 0. The summed E-state index contributed by atoms with van der Waals surface area (Å²) < 4.78 is 10.4. The number of anilines is 1. The third kappa shape index (κ3) is 5.40. The van der Waals surface area contributed by atoms with E-state index >= 15 is 0 Å². The van der Waals surface area contributed by atoms with E-state index in [4.69, 9.17) is 32.2 Å². The van der Waals surface area contributed by atoms with Crippen molar-refractivity contribution in [3.63, 3.8) is 0 Å². The van der Waals surface area contributed by atoms with E-state index in [9.17, 15) is 4.79 Å². The van der Waals surface area contributed by atoms with E-state index in [0.717, 1.165) is 24.2 Å². The van der Waals surface area contributed by atoms with Crippen LogP contribution in [-0.4, -0.2) is 48.1 Å². The minimum absolute atomic E-state index is 0. The number of rotatable bonds is 6. The summed E-state index contributed by atoms with van der Waals surface area (Å²) in [5.41, 5.74) is 7.37. The van der Waals surface area contributed by atoms with Gasteiger partial charge >= 0.3 is 5.97 Å². The van der Waals surface area contributed by atoms with Crippen LogP contribution >= 0.6 is 11.6 Å². The Kier molecular flexibility index (Phi) is 7.71. The number of carbonyl (C=O) groups excluding carboxylic acids is 1. The maximum absolute atomic E-state index is 11.6. The Bertz CT molecular complexity index is 823. The molecule has 3 N–H and O–H groups in total. The number of hydrogen-bond acceptors (Lipinski definition) is 7. The molecule has 0 amide bonds. The highest BCUT2D eigenvalue weighted by molar-refractivity contribution is 6.34. The van der Waals surface area contributed by atoms with Crippen LogP contribution in [0.4, 0.5) is 5.95 Å². The van der Waals surface area contributed by atoms with Gasteiger partial charge in [0.2, 0.25) is 5.95 Å². The number of carbonyl (C=O) groups is 1. The number of ether oxygens (including phenoxy) is 2. The highest BCUT2D eigenvalue weighted by Crippen LogP contribution is 2.31. The molecule has 1 fully saturated rings. The largest absolute Gasteiger partial charge is 0.460 e. The number of benzene rings is 1. The van der Waals surface area contributed by atoms with Crippen molar-refractivity contribution < 1.29 is 14.3 Å². The zero-order valence-corrected chi connectivity index (χ0v) is 15.4. The number of hydrogen-bond donors (Lipinski definition) is 2. The van der Waals surface area contributed by atoms with Crippen LogP contribution in [0.25, 0.3) is 11.1 Å². The van der Waals surface area contributed by atoms with Crippen LogP contribution in [0.3, 0.4) is 0 Å². The lowest BCUT2D eigenvalue weighted by atomic mass is 10.1. The minimum atomic E-state index is -0.567. The first-order chi connectivity index (χ1) is 13.0. The van der Waals surface area contributed by atoms with Crippen LogP contribution in [0.1, 0.15) is 19.4 Å². The van der Waals surface area contributed by atoms with Gasteiger partial charge in [-0.1, -0.05) is 37.2 Å². The van der Waals surface area contributed by atoms with Gasteiger partial charge < -0.3 is 20.1 Å². The predicted molar refractivity (Wildman–Crippen MR) is 109 cm³/mol. The molecule has 1 aliphatic rings. The maximum Gasteiger partial charge on any atom is 0.313 e. The molecule has 0 atom stereocenters. The van der Waals surface area contributed by atoms with Crippen molar-refractivity contribution in [1.82, 2.24) is 9.97 Å². The molecular formula is C19H24ClN5O3. The Morgan fingerprint density at radius 3 is 2.61 bits per heavy atom. The number of nitrogens with zero attached hydrogens (tertiary/aromatic N) is 3. The van der Waals surface area contributed by atoms with E-state index in [1.165, 1.54) is 0 Å². The van der Waals surface area contributed by atoms with Gasteiger partial charge in [0.1, 0.15) is 18.9 Å². The van der Waals surface area contributed by atoms with Crippen LogP contribution in [0, 0.1) is 5.41 Å². The molecule has 0 radical (unpaired) electrons. The van der Waals surface area contributed by atoms with Crippen molar-refractivity contribution in [3.8, 4) is 11.1 Å². The van der Waals surface area contributed by atoms with Crippen molar-refractivity contribution >= 4 is 29.4 Å². The van der Waals surface area contributed by atoms with Gasteiger partial charge in [0, 0.05) is 42.2 Å². The smallest absolute Gasteiger partial charge is 0.313 e. The molecule has 8 nitrogen and oxygen atoms in total. The summed E-state index contributed by atoms with van der Waals surface area (Å²) in [6.07, 6.45) is 3.21. The van der Waals surface area contributed by atoms with Gasteiger partial charge in [0.15, 0.2) is 0 Å². The molecule has 0 spiro atoms. The van der Waals surface area contributed by atoms with Crippen LogP contribution < -0.4 is 10.6 Å². The van der Waals surface area contributed by atoms with Gasteiger partial charge in [-0.25, -0.2) is 9.97 Å². The molecule has 28 heavy (non-hydrogen) atoms. The summed E-state index contributed by atoms with van der Waals surface area (Å²) in [6, 6.07) is 5.46. The van der Waals surface area contributed by atoms with E-state index in [2.05, 4.69) is 14.9 Å². The molecule has 150 valence electrons. The number of nitrogens with two attached hydrogens (primary N) is 1. The number of halogens is 1. The number of esters is 1. The van der Waals surface area contributed by atoms with Gasteiger partial charge in [0.25, 0.3) is 0 Å². The second-order valence-electron chi connectivity index (χ2n) is 6.01. The van der Waals surface area contributed by atoms with Gasteiger partial charge in [0.05, 0.1) is 18.2 Å². The van der Waals surface area contributed by atoms with Crippen LogP contribution in [0.2, 0.25) is 5.02 Å². The first-order valence-corrected chi connectivity index (χ1v) is 8.83. The van der Waals surface area contributed by atoms with E-state index in [0.29, 0.717) is 29.7 Å². The highest BCUT2D eigenvalue weighted by atomic mass is 35.5. The zero-order valence-electron chi connectivity index (χ0n) is 14.7. The highest BCUT2D eigenvalue weighted by Gasteiger charge is 2.15. The molecule has 9 heteroatoms.